The van der Waals surface area contributed by atoms with Crippen molar-refractivity contribution in [1.82, 2.24) is 9.55 Å². The van der Waals surface area contributed by atoms with Crippen LogP contribution in [-0.4, -0.2) is 63.5 Å². The van der Waals surface area contributed by atoms with E-state index in [1.165, 1.54) is 32.0 Å². The molecule has 210 valence electrons. The number of halogens is 2. The number of carbonyl (C=O) groups is 1. The zero-order chi connectivity index (χ0) is 28.3. The van der Waals surface area contributed by atoms with Gasteiger partial charge in [0.05, 0.1) is 24.3 Å². The van der Waals surface area contributed by atoms with Crippen LogP contribution in [0.2, 0.25) is 0 Å². The van der Waals surface area contributed by atoms with Crippen LogP contribution < -0.4 is 15.9 Å². The quantitative estimate of drug-likeness (QED) is 0.310. The first kappa shape index (κ1) is 29.7. The minimum Gasteiger partial charge on any atom is -0.463 e. The van der Waals surface area contributed by atoms with Crippen molar-refractivity contribution in [3.05, 3.63) is 53.1 Å². The van der Waals surface area contributed by atoms with Gasteiger partial charge in [-0.05, 0) is 39.0 Å². The van der Waals surface area contributed by atoms with E-state index in [2.05, 4.69) is 4.98 Å². The van der Waals surface area contributed by atoms with Crippen molar-refractivity contribution in [2.75, 3.05) is 18.6 Å². The minimum absolute atomic E-state index is 0.146. The first-order valence-electron chi connectivity index (χ1n) is 12.0. The van der Waals surface area contributed by atoms with E-state index in [1.54, 1.807) is 32.0 Å². The van der Waals surface area contributed by atoms with Crippen molar-refractivity contribution in [2.24, 2.45) is 5.92 Å². The Morgan fingerprint density at radius 3 is 2.50 bits per heavy atom. The van der Waals surface area contributed by atoms with E-state index in [1.807, 2.05) is 0 Å². The van der Waals surface area contributed by atoms with E-state index in [4.69, 9.17) is 24.3 Å². The summed E-state index contributed by atoms with van der Waals surface area (Å²) in [5.74, 6) is -1.54. The Morgan fingerprint density at radius 2 is 1.92 bits per heavy atom. The maximum atomic E-state index is 15.7. The lowest BCUT2D eigenvalue weighted by atomic mass is 9.95. The number of benzene rings is 1. The van der Waals surface area contributed by atoms with Gasteiger partial charge in [-0.1, -0.05) is 25.1 Å². The number of esters is 1. The molecular weight excluding hydrogens is 527 g/mol. The number of aromatic nitrogens is 2. The average molecular weight is 560 g/mol. The Morgan fingerprint density at radius 1 is 1.26 bits per heavy atom. The molecular formula is C24H32F2N3O8P. The number of para-hydroxylation sites is 1. The highest BCUT2D eigenvalue weighted by Crippen LogP contribution is 2.53. The number of hydrogen-bond acceptors (Lipinski definition) is 10. The number of nitrogens with zero attached hydrogens (tertiary/aromatic N) is 2. The predicted octanol–water partition coefficient (Wildman–Crippen LogP) is 3.03. The molecule has 1 aromatic carbocycles. The van der Waals surface area contributed by atoms with E-state index in [0.717, 1.165) is 6.20 Å². The Kier molecular flexibility index (Phi) is 9.30. The standard InChI is InChI=1S/C24H32F2N3O8P/c1-14(2)34-21(31)15(3)12-38(33,37-17-8-6-5-7-9-17)36-16(4)19-20(30)24(26,13-25)22(35-19)29-11-10-18(27)28-23(29)32/h5-11,14-16,19-20,22,30H,12-13H2,1-4H3,(H2,27,28,32)/t15-,16+,19-,20+,22-,24?,38-/m1/s1. The maximum absolute atomic E-state index is 15.7. The molecule has 2 aromatic rings. The third kappa shape index (κ3) is 6.58. The van der Waals surface area contributed by atoms with Gasteiger partial charge in [0, 0.05) is 6.20 Å². The number of nitrogen functional groups attached to an aromatic ring is 1. The first-order valence-corrected chi connectivity index (χ1v) is 13.7. The van der Waals surface area contributed by atoms with Crippen molar-refractivity contribution in [1.29, 1.82) is 0 Å². The van der Waals surface area contributed by atoms with Crippen LogP contribution in [0.3, 0.4) is 0 Å². The molecule has 0 aliphatic carbocycles. The summed E-state index contributed by atoms with van der Waals surface area (Å²) in [7, 11) is -4.19. The van der Waals surface area contributed by atoms with Gasteiger partial charge >= 0.3 is 19.3 Å². The Hall–Kier alpha value is -2.86. The van der Waals surface area contributed by atoms with Gasteiger partial charge in [0.15, 0.2) is 6.23 Å². The molecule has 1 fully saturated rings. The van der Waals surface area contributed by atoms with E-state index in [-0.39, 0.29) is 11.6 Å². The van der Waals surface area contributed by atoms with Crippen molar-refractivity contribution in [2.45, 2.75) is 64.0 Å². The summed E-state index contributed by atoms with van der Waals surface area (Å²) >= 11 is 0. The van der Waals surface area contributed by atoms with Crippen molar-refractivity contribution < 1.29 is 41.8 Å². The Bertz CT molecular complexity index is 1220. The zero-order valence-electron chi connectivity index (χ0n) is 21.4. The van der Waals surface area contributed by atoms with Gasteiger partial charge in [0.2, 0.25) is 5.67 Å². The van der Waals surface area contributed by atoms with Gasteiger partial charge in [-0.15, -0.1) is 0 Å². The summed E-state index contributed by atoms with van der Waals surface area (Å²) in [5.41, 5.74) is 1.38. The van der Waals surface area contributed by atoms with Gasteiger partial charge in [-0.2, -0.15) is 4.98 Å². The molecule has 2 heterocycles. The van der Waals surface area contributed by atoms with Crippen LogP contribution in [0.1, 0.15) is 33.9 Å². The van der Waals surface area contributed by atoms with Crippen LogP contribution in [0.15, 0.2) is 47.4 Å². The average Bonchev–Trinajstić information content (AvgIpc) is 3.10. The van der Waals surface area contributed by atoms with Crippen molar-refractivity contribution in [3.8, 4) is 5.75 Å². The van der Waals surface area contributed by atoms with Gasteiger partial charge < -0.3 is 24.8 Å². The lowest BCUT2D eigenvalue weighted by Crippen LogP contribution is -2.48. The van der Waals surface area contributed by atoms with Gasteiger partial charge in [0.25, 0.3) is 0 Å². The molecule has 0 bridgehead atoms. The summed E-state index contributed by atoms with van der Waals surface area (Å²) in [4.78, 5) is 28.2. The predicted molar refractivity (Wildman–Crippen MR) is 133 cm³/mol. The van der Waals surface area contributed by atoms with Crippen LogP contribution in [0.5, 0.6) is 5.75 Å². The highest BCUT2D eigenvalue weighted by Gasteiger charge is 2.61. The van der Waals surface area contributed by atoms with Crippen LogP contribution in [-0.2, 0) is 23.4 Å². The fraction of sp³-hybridized carbons (Fsp3) is 0.542. The lowest BCUT2D eigenvalue weighted by molar-refractivity contribution is -0.151. The van der Waals surface area contributed by atoms with Gasteiger partial charge in [-0.25, -0.2) is 18.1 Å². The highest BCUT2D eigenvalue weighted by atomic mass is 31.2. The normalized spacial score (nSPS) is 26.5. The van der Waals surface area contributed by atoms with Gasteiger partial charge in [-0.3, -0.25) is 13.9 Å². The second-order valence-corrected chi connectivity index (χ2v) is 11.4. The van der Waals surface area contributed by atoms with Crippen molar-refractivity contribution >= 4 is 19.4 Å². The fourth-order valence-corrected chi connectivity index (χ4v) is 6.08. The molecule has 14 heteroatoms. The zero-order valence-corrected chi connectivity index (χ0v) is 22.3. The minimum atomic E-state index is -4.19. The molecule has 3 rings (SSSR count). The number of carbonyl (C=O) groups excluding carboxylic acids is 1. The summed E-state index contributed by atoms with van der Waals surface area (Å²) in [6.45, 7) is 4.40. The summed E-state index contributed by atoms with van der Waals surface area (Å²) in [5, 5.41) is 10.7. The van der Waals surface area contributed by atoms with Crippen LogP contribution >= 0.6 is 7.60 Å². The van der Waals surface area contributed by atoms with E-state index in [0.29, 0.717) is 4.57 Å². The molecule has 0 radical (unpaired) electrons. The van der Waals surface area contributed by atoms with E-state index >= 15 is 4.39 Å². The van der Waals surface area contributed by atoms with E-state index in [9.17, 15) is 23.7 Å². The highest BCUT2D eigenvalue weighted by molar-refractivity contribution is 7.54. The molecule has 11 nitrogen and oxygen atoms in total. The molecule has 1 aromatic heterocycles. The molecule has 38 heavy (non-hydrogen) atoms. The number of rotatable bonds is 11. The second-order valence-electron chi connectivity index (χ2n) is 9.40. The maximum Gasteiger partial charge on any atom is 0.380 e. The van der Waals surface area contributed by atoms with E-state index < -0.39 is 74.3 Å². The Labute approximate surface area is 218 Å². The molecule has 1 aliphatic rings. The molecule has 3 N–H and O–H groups in total. The monoisotopic (exact) mass is 559 g/mol. The Balaban J connectivity index is 1.88. The summed E-state index contributed by atoms with van der Waals surface area (Å²) < 4.78 is 66.4. The molecule has 7 atom stereocenters. The number of anilines is 1. The fourth-order valence-electron chi connectivity index (χ4n) is 3.98. The SMILES string of the molecule is CC(C)OC(=O)[C@H](C)C[P@](=O)(Oc1ccccc1)O[C@@H](C)[C@H]1O[C@@H](n2ccc(N)nc2=O)C(F)(CF)[C@H]1O. The number of alkyl halides is 2. The third-order valence-corrected chi connectivity index (χ3v) is 7.98. The third-order valence-electron chi connectivity index (χ3n) is 5.84. The number of hydrogen-bond donors (Lipinski definition) is 2. The van der Waals surface area contributed by atoms with Crippen molar-refractivity contribution in [3.63, 3.8) is 0 Å². The summed E-state index contributed by atoms with van der Waals surface area (Å²) in [6, 6.07) is 9.19. The molecule has 1 unspecified atom stereocenters. The van der Waals surface area contributed by atoms with Gasteiger partial charge in [0.1, 0.15) is 30.4 Å². The lowest BCUT2D eigenvalue weighted by Gasteiger charge is -2.29. The topological polar surface area (TPSA) is 152 Å². The molecule has 1 aliphatic heterocycles. The van der Waals surface area contributed by atoms with Crippen LogP contribution in [0.4, 0.5) is 14.6 Å². The molecule has 0 saturated carbocycles. The van der Waals surface area contributed by atoms with Crippen LogP contribution in [0, 0.1) is 5.92 Å². The number of aliphatic hydroxyl groups excluding tert-OH is 1. The van der Waals surface area contributed by atoms with Crippen LogP contribution in [0.25, 0.3) is 0 Å². The smallest absolute Gasteiger partial charge is 0.380 e. The molecule has 0 amide bonds. The number of nitrogens with two attached hydrogens (primary N) is 1. The first-order chi connectivity index (χ1) is 17.8. The molecule has 1 saturated heterocycles. The number of ether oxygens (including phenoxy) is 2. The second kappa shape index (κ2) is 11.9. The number of aliphatic hydroxyl groups is 1. The summed E-state index contributed by atoms with van der Waals surface area (Å²) in [6.07, 6.45) is -6.77. The molecule has 0 spiro atoms. The largest absolute Gasteiger partial charge is 0.463 e.